The normalized spacial score (nSPS) is 12.1. The minimum Gasteiger partial charge on any atom is -0.468 e. The predicted octanol–water partition coefficient (Wildman–Crippen LogP) is 4.70. The molecule has 1 aromatic carbocycles. The molecule has 0 bridgehead atoms. The summed E-state index contributed by atoms with van der Waals surface area (Å²) in [6.45, 7) is 1.91. The Bertz CT molecular complexity index is 602. The molecular weight excluding hydrogens is 329 g/mol. The molecule has 1 unspecified atom stereocenters. The van der Waals surface area contributed by atoms with E-state index in [0.717, 1.165) is 11.3 Å². The first-order valence-electron chi connectivity index (χ1n) is 6.40. The van der Waals surface area contributed by atoms with Crippen LogP contribution in [0.2, 0.25) is 10.0 Å². The smallest absolute Gasteiger partial charge is 0.230 e. The van der Waals surface area contributed by atoms with Crippen LogP contribution in [0, 0.1) is 0 Å². The second-order valence-electron chi connectivity index (χ2n) is 4.53. The summed E-state index contributed by atoms with van der Waals surface area (Å²) in [6, 6.07) is 8.97. The number of carbonyl (C=O) groups excluding carboxylic acids is 1. The molecule has 2 aromatic rings. The number of hydrogen-bond donors (Lipinski definition) is 1. The second-order valence-corrected chi connectivity index (χ2v) is 6.33. The molecule has 6 heteroatoms. The molecule has 0 aliphatic heterocycles. The topological polar surface area (TPSA) is 42.2 Å². The van der Waals surface area contributed by atoms with E-state index in [9.17, 15) is 4.79 Å². The van der Waals surface area contributed by atoms with Crippen molar-refractivity contribution in [3.05, 3.63) is 58.0 Å². The van der Waals surface area contributed by atoms with Gasteiger partial charge in [0, 0.05) is 0 Å². The van der Waals surface area contributed by atoms with Gasteiger partial charge in [-0.1, -0.05) is 29.3 Å². The summed E-state index contributed by atoms with van der Waals surface area (Å²) < 4.78 is 5.21. The molecule has 112 valence electrons. The maximum Gasteiger partial charge on any atom is 0.230 e. The van der Waals surface area contributed by atoms with Crippen molar-refractivity contribution < 1.29 is 9.21 Å². The molecule has 0 aliphatic carbocycles. The van der Waals surface area contributed by atoms with Crippen molar-refractivity contribution in [1.29, 1.82) is 0 Å². The van der Waals surface area contributed by atoms with Gasteiger partial charge in [0.25, 0.3) is 0 Å². The van der Waals surface area contributed by atoms with Gasteiger partial charge in [0.05, 0.1) is 33.9 Å². The van der Waals surface area contributed by atoms with Crippen LogP contribution >= 0.6 is 35.0 Å². The van der Waals surface area contributed by atoms with Crippen molar-refractivity contribution in [3.8, 4) is 0 Å². The third-order valence-corrected chi connectivity index (χ3v) is 4.57. The Morgan fingerprint density at radius 2 is 2.14 bits per heavy atom. The fourth-order valence-corrected chi connectivity index (χ4v) is 2.83. The third-order valence-electron chi connectivity index (χ3n) is 2.88. The minimum atomic E-state index is -0.114. The average Bonchev–Trinajstić information content (AvgIpc) is 2.95. The van der Waals surface area contributed by atoms with Crippen molar-refractivity contribution >= 4 is 40.9 Å². The average molecular weight is 344 g/mol. The van der Waals surface area contributed by atoms with Crippen molar-refractivity contribution in [2.24, 2.45) is 0 Å². The predicted molar refractivity (Wildman–Crippen MR) is 87.9 cm³/mol. The van der Waals surface area contributed by atoms with E-state index in [1.807, 2.05) is 25.1 Å². The van der Waals surface area contributed by atoms with E-state index in [-0.39, 0.29) is 11.9 Å². The van der Waals surface area contributed by atoms with Gasteiger partial charge < -0.3 is 9.73 Å². The molecule has 0 spiro atoms. The first kappa shape index (κ1) is 16.3. The summed E-state index contributed by atoms with van der Waals surface area (Å²) in [5, 5.41) is 3.93. The number of amides is 1. The molecule has 1 atom stereocenters. The molecule has 0 saturated carbocycles. The number of thioether (sulfide) groups is 1. The number of nitrogens with one attached hydrogen (secondary N) is 1. The van der Waals surface area contributed by atoms with Crippen LogP contribution in [0.4, 0.5) is 0 Å². The Kier molecular flexibility index (Phi) is 6.03. The van der Waals surface area contributed by atoms with Crippen LogP contribution in [0.5, 0.6) is 0 Å². The maximum atomic E-state index is 11.9. The standard InChI is InChI=1S/C15H15Cl2NO2S/c1-10(11-4-5-13(16)14(17)7-11)18-15(19)9-21-8-12-3-2-6-20-12/h2-7,10H,8-9H2,1H3,(H,18,19). The van der Waals surface area contributed by atoms with Crippen LogP contribution < -0.4 is 5.32 Å². The highest BCUT2D eigenvalue weighted by molar-refractivity contribution is 7.99. The lowest BCUT2D eigenvalue weighted by atomic mass is 10.1. The Balaban J connectivity index is 1.79. The lowest BCUT2D eigenvalue weighted by molar-refractivity contribution is -0.119. The number of carbonyl (C=O) groups is 1. The molecular formula is C15H15Cl2NO2S. The number of benzene rings is 1. The Hall–Kier alpha value is -1.10. The van der Waals surface area contributed by atoms with Gasteiger partial charge in [0.2, 0.25) is 5.91 Å². The van der Waals surface area contributed by atoms with Gasteiger partial charge >= 0.3 is 0 Å². The van der Waals surface area contributed by atoms with Gasteiger partial charge in [-0.05, 0) is 36.8 Å². The summed E-state index contributed by atoms with van der Waals surface area (Å²) in [5.41, 5.74) is 0.925. The van der Waals surface area contributed by atoms with Crippen LogP contribution in [0.3, 0.4) is 0 Å². The van der Waals surface area contributed by atoms with E-state index < -0.39 is 0 Å². The van der Waals surface area contributed by atoms with E-state index >= 15 is 0 Å². The second kappa shape index (κ2) is 7.78. The van der Waals surface area contributed by atoms with Gasteiger partial charge in [-0.25, -0.2) is 0 Å². The molecule has 0 aliphatic rings. The largest absolute Gasteiger partial charge is 0.468 e. The number of rotatable bonds is 6. The van der Waals surface area contributed by atoms with Gasteiger partial charge in [0.1, 0.15) is 5.76 Å². The molecule has 0 saturated heterocycles. The highest BCUT2D eigenvalue weighted by atomic mass is 35.5. The van der Waals surface area contributed by atoms with E-state index in [2.05, 4.69) is 5.32 Å². The van der Waals surface area contributed by atoms with Crippen LogP contribution in [-0.2, 0) is 10.5 Å². The summed E-state index contributed by atoms with van der Waals surface area (Å²) in [4.78, 5) is 11.9. The SMILES string of the molecule is CC(NC(=O)CSCc1ccco1)c1ccc(Cl)c(Cl)c1. The molecule has 3 nitrogen and oxygen atoms in total. The monoisotopic (exact) mass is 343 g/mol. The van der Waals surface area contributed by atoms with E-state index in [4.69, 9.17) is 27.6 Å². The Labute approximate surface area is 138 Å². The highest BCUT2D eigenvalue weighted by Gasteiger charge is 2.11. The molecule has 2 rings (SSSR count). The first-order valence-corrected chi connectivity index (χ1v) is 8.32. The number of hydrogen-bond acceptors (Lipinski definition) is 3. The summed E-state index contributed by atoms with van der Waals surface area (Å²) in [5.74, 6) is 1.91. The highest BCUT2D eigenvalue weighted by Crippen LogP contribution is 2.25. The van der Waals surface area contributed by atoms with Gasteiger partial charge in [-0.2, -0.15) is 0 Å². The number of furan rings is 1. The molecule has 0 radical (unpaired) electrons. The zero-order valence-electron chi connectivity index (χ0n) is 11.4. The van der Waals surface area contributed by atoms with Crippen LogP contribution in [-0.4, -0.2) is 11.7 Å². The first-order chi connectivity index (χ1) is 10.1. The zero-order valence-corrected chi connectivity index (χ0v) is 13.8. The fourth-order valence-electron chi connectivity index (χ4n) is 1.79. The van der Waals surface area contributed by atoms with Crippen LogP contribution in [0.25, 0.3) is 0 Å². The van der Waals surface area contributed by atoms with Crippen LogP contribution in [0.1, 0.15) is 24.3 Å². The van der Waals surface area contributed by atoms with Gasteiger partial charge in [0.15, 0.2) is 0 Å². The van der Waals surface area contributed by atoms with Crippen molar-refractivity contribution in [2.45, 2.75) is 18.7 Å². The van der Waals surface area contributed by atoms with Crippen molar-refractivity contribution in [2.75, 3.05) is 5.75 Å². The summed E-state index contributed by atoms with van der Waals surface area (Å²) >= 11 is 13.4. The Morgan fingerprint density at radius 1 is 1.33 bits per heavy atom. The molecule has 1 aromatic heterocycles. The summed E-state index contributed by atoms with van der Waals surface area (Å²) in [7, 11) is 0. The minimum absolute atomic E-state index is 0.0230. The molecule has 1 heterocycles. The van der Waals surface area contributed by atoms with E-state index in [1.165, 1.54) is 11.8 Å². The maximum absolute atomic E-state index is 11.9. The lowest BCUT2D eigenvalue weighted by Gasteiger charge is -2.14. The molecule has 21 heavy (non-hydrogen) atoms. The Morgan fingerprint density at radius 3 is 2.81 bits per heavy atom. The third kappa shape index (κ3) is 4.99. The van der Waals surface area contributed by atoms with Gasteiger partial charge in [-0.3, -0.25) is 4.79 Å². The lowest BCUT2D eigenvalue weighted by Crippen LogP contribution is -2.28. The molecule has 0 fully saturated rings. The van der Waals surface area contributed by atoms with E-state index in [0.29, 0.717) is 21.6 Å². The summed E-state index contributed by atoms with van der Waals surface area (Å²) in [6.07, 6.45) is 1.63. The quantitative estimate of drug-likeness (QED) is 0.826. The molecule has 1 amide bonds. The fraction of sp³-hybridized carbons (Fsp3) is 0.267. The zero-order chi connectivity index (χ0) is 15.2. The van der Waals surface area contributed by atoms with E-state index in [1.54, 1.807) is 18.4 Å². The van der Waals surface area contributed by atoms with Gasteiger partial charge in [-0.15, -0.1) is 11.8 Å². The molecule has 1 N–H and O–H groups in total. The van der Waals surface area contributed by atoms with Crippen LogP contribution in [0.15, 0.2) is 41.0 Å². The van der Waals surface area contributed by atoms with Crippen molar-refractivity contribution in [3.63, 3.8) is 0 Å². The number of halogens is 2. The van der Waals surface area contributed by atoms with Crippen molar-refractivity contribution in [1.82, 2.24) is 5.32 Å².